The van der Waals surface area contributed by atoms with Gasteiger partial charge in [0.15, 0.2) is 0 Å². The van der Waals surface area contributed by atoms with E-state index in [2.05, 4.69) is 5.32 Å². The molecular formula is C27H49NO7. The molecule has 0 aliphatic rings. The maximum atomic E-state index is 12.1. The second kappa shape index (κ2) is 23.8. The van der Waals surface area contributed by atoms with Gasteiger partial charge in [0.25, 0.3) is 0 Å². The average molecular weight is 500 g/mol. The number of ether oxygens (including phenoxy) is 1. The Hall–Kier alpha value is -1.96. The maximum Gasteiger partial charge on any atom is 0.326 e. The first-order valence-electron chi connectivity index (χ1n) is 13.6. The molecule has 0 rings (SSSR count). The van der Waals surface area contributed by atoms with Gasteiger partial charge in [-0.2, -0.15) is 0 Å². The summed E-state index contributed by atoms with van der Waals surface area (Å²) in [5, 5.41) is 20.5. The predicted molar refractivity (Wildman–Crippen MR) is 136 cm³/mol. The van der Waals surface area contributed by atoms with E-state index in [1.165, 1.54) is 44.9 Å². The van der Waals surface area contributed by atoms with Crippen LogP contribution in [0.15, 0.2) is 0 Å². The molecule has 1 unspecified atom stereocenters. The molecule has 0 bridgehead atoms. The number of hydrogen-bond acceptors (Lipinski definition) is 5. The van der Waals surface area contributed by atoms with Crippen LogP contribution in [0.25, 0.3) is 0 Å². The molecule has 0 aromatic rings. The number of rotatable bonds is 26. The van der Waals surface area contributed by atoms with Crippen LogP contribution in [-0.4, -0.2) is 53.6 Å². The number of nitrogens with one attached hydrogen (secondary N) is 1. The molecule has 8 heteroatoms. The highest BCUT2D eigenvalue weighted by atomic mass is 16.5. The molecule has 0 heterocycles. The van der Waals surface area contributed by atoms with Crippen molar-refractivity contribution < 1.29 is 34.1 Å². The number of carbonyl (C=O) groups excluding carboxylic acids is 2. The van der Waals surface area contributed by atoms with Crippen molar-refractivity contribution in [3.8, 4) is 0 Å². The Kier molecular flexibility index (Phi) is 22.4. The topological polar surface area (TPSA) is 130 Å². The summed E-state index contributed by atoms with van der Waals surface area (Å²) in [6.45, 7) is 0.505. The minimum absolute atomic E-state index is 0.00693. The standard InChI is InChI=1S/C27H49NO7/c1-35-22-16-17-23(29)20-21-24(27(33)34)28-25(30)18-14-12-10-8-6-4-2-3-5-7-9-11-13-15-19-26(31)32/h24H,2-22H2,1H3,(H,28,30)(H,31,32)(H,33,34). The highest BCUT2D eigenvalue weighted by Gasteiger charge is 2.20. The van der Waals surface area contributed by atoms with Gasteiger partial charge in [-0.3, -0.25) is 14.4 Å². The Bertz CT molecular complexity index is 580. The molecule has 1 atom stereocenters. The fourth-order valence-electron chi connectivity index (χ4n) is 4.05. The highest BCUT2D eigenvalue weighted by molar-refractivity contribution is 5.84. The molecule has 0 aromatic heterocycles. The van der Waals surface area contributed by atoms with Gasteiger partial charge < -0.3 is 20.3 Å². The molecule has 1 amide bonds. The number of Topliss-reactive ketones (excluding diaryl/α,β-unsaturated/α-hetero) is 1. The van der Waals surface area contributed by atoms with Gasteiger partial charge in [-0.15, -0.1) is 0 Å². The lowest BCUT2D eigenvalue weighted by Crippen LogP contribution is -2.41. The van der Waals surface area contributed by atoms with Crippen molar-refractivity contribution in [1.82, 2.24) is 5.32 Å². The van der Waals surface area contributed by atoms with Crippen LogP contribution in [0.3, 0.4) is 0 Å². The van der Waals surface area contributed by atoms with E-state index >= 15 is 0 Å². The Morgan fingerprint density at radius 3 is 1.51 bits per heavy atom. The van der Waals surface area contributed by atoms with Crippen LogP contribution in [0.2, 0.25) is 0 Å². The number of carboxylic acids is 2. The lowest BCUT2D eigenvalue weighted by Gasteiger charge is -2.14. The quantitative estimate of drug-likeness (QED) is 0.131. The SMILES string of the molecule is COCCCC(=O)CCC(NC(=O)CCCCCCCCCCCCCCCCC(=O)O)C(=O)O. The summed E-state index contributed by atoms with van der Waals surface area (Å²) >= 11 is 0. The molecule has 0 radical (unpaired) electrons. The van der Waals surface area contributed by atoms with E-state index in [9.17, 15) is 24.3 Å². The van der Waals surface area contributed by atoms with Crippen LogP contribution in [0.1, 0.15) is 128 Å². The number of unbranched alkanes of at least 4 members (excludes halogenated alkanes) is 13. The molecule has 0 saturated heterocycles. The number of carbonyl (C=O) groups is 4. The summed E-state index contributed by atoms with van der Waals surface area (Å²) in [6.07, 6.45) is 17.4. The summed E-state index contributed by atoms with van der Waals surface area (Å²) in [5.74, 6) is -2.06. The van der Waals surface area contributed by atoms with E-state index < -0.39 is 18.0 Å². The van der Waals surface area contributed by atoms with Crippen molar-refractivity contribution >= 4 is 23.6 Å². The highest BCUT2D eigenvalue weighted by Crippen LogP contribution is 2.14. The van der Waals surface area contributed by atoms with Gasteiger partial charge in [0.2, 0.25) is 5.91 Å². The van der Waals surface area contributed by atoms with E-state index in [0.717, 1.165) is 44.9 Å². The van der Waals surface area contributed by atoms with Crippen LogP contribution in [0.4, 0.5) is 0 Å². The Morgan fingerprint density at radius 2 is 1.09 bits per heavy atom. The fourth-order valence-corrected chi connectivity index (χ4v) is 4.05. The zero-order valence-electron chi connectivity index (χ0n) is 21.9. The zero-order valence-corrected chi connectivity index (χ0v) is 21.9. The van der Waals surface area contributed by atoms with Crippen LogP contribution in [-0.2, 0) is 23.9 Å². The lowest BCUT2D eigenvalue weighted by molar-refractivity contribution is -0.142. The summed E-state index contributed by atoms with van der Waals surface area (Å²) in [6, 6.07) is -1.01. The first kappa shape index (κ1) is 33.0. The number of ketones is 1. The normalized spacial score (nSPS) is 11.8. The predicted octanol–water partition coefficient (Wildman–Crippen LogP) is 5.66. The summed E-state index contributed by atoms with van der Waals surface area (Å²) in [5.41, 5.74) is 0. The van der Waals surface area contributed by atoms with Crippen molar-refractivity contribution in [2.75, 3.05) is 13.7 Å². The van der Waals surface area contributed by atoms with Gasteiger partial charge in [-0.05, 0) is 25.7 Å². The van der Waals surface area contributed by atoms with Crippen molar-refractivity contribution in [2.45, 2.75) is 134 Å². The van der Waals surface area contributed by atoms with Crippen LogP contribution < -0.4 is 5.32 Å². The van der Waals surface area contributed by atoms with Crippen molar-refractivity contribution in [2.24, 2.45) is 0 Å². The Balaban J connectivity index is 3.58. The monoisotopic (exact) mass is 499 g/mol. The molecule has 0 fully saturated rings. The third kappa shape index (κ3) is 23.5. The van der Waals surface area contributed by atoms with Gasteiger partial charge in [-0.25, -0.2) is 4.79 Å². The Morgan fingerprint density at radius 1 is 0.629 bits per heavy atom. The van der Waals surface area contributed by atoms with Crippen LogP contribution >= 0.6 is 0 Å². The minimum Gasteiger partial charge on any atom is -0.481 e. The van der Waals surface area contributed by atoms with Gasteiger partial charge in [0, 0.05) is 39.4 Å². The molecule has 0 aliphatic heterocycles. The van der Waals surface area contributed by atoms with Crippen molar-refractivity contribution in [3.63, 3.8) is 0 Å². The van der Waals surface area contributed by atoms with Crippen molar-refractivity contribution in [3.05, 3.63) is 0 Å². The van der Waals surface area contributed by atoms with E-state index in [0.29, 0.717) is 25.9 Å². The minimum atomic E-state index is -1.10. The average Bonchev–Trinajstić information content (AvgIpc) is 2.81. The van der Waals surface area contributed by atoms with Gasteiger partial charge in [0.1, 0.15) is 11.8 Å². The first-order chi connectivity index (χ1) is 16.9. The smallest absolute Gasteiger partial charge is 0.326 e. The van der Waals surface area contributed by atoms with Gasteiger partial charge in [-0.1, -0.05) is 77.0 Å². The van der Waals surface area contributed by atoms with E-state index in [1.807, 2.05) is 0 Å². The van der Waals surface area contributed by atoms with Crippen LogP contribution in [0.5, 0.6) is 0 Å². The Labute approximate surface area is 211 Å². The molecule has 204 valence electrons. The summed E-state index contributed by atoms with van der Waals surface area (Å²) in [4.78, 5) is 45.7. The number of carboxylic acid groups (broad SMARTS) is 2. The summed E-state index contributed by atoms with van der Waals surface area (Å²) < 4.78 is 4.90. The molecule has 35 heavy (non-hydrogen) atoms. The van der Waals surface area contributed by atoms with Crippen LogP contribution in [0, 0.1) is 0 Å². The number of methoxy groups -OCH3 is 1. The van der Waals surface area contributed by atoms with Crippen molar-refractivity contribution in [1.29, 1.82) is 0 Å². The second-order valence-electron chi connectivity index (χ2n) is 9.48. The first-order valence-corrected chi connectivity index (χ1v) is 13.6. The van der Waals surface area contributed by atoms with E-state index in [-0.39, 0.29) is 31.0 Å². The summed E-state index contributed by atoms with van der Waals surface area (Å²) in [7, 11) is 1.57. The van der Waals surface area contributed by atoms with Gasteiger partial charge >= 0.3 is 11.9 Å². The third-order valence-electron chi connectivity index (χ3n) is 6.19. The molecule has 0 aliphatic carbocycles. The number of amides is 1. The van der Waals surface area contributed by atoms with E-state index in [1.54, 1.807) is 7.11 Å². The largest absolute Gasteiger partial charge is 0.481 e. The van der Waals surface area contributed by atoms with Gasteiger partial charge in [0.05, 0.1) is 0 Å². The number of aliphatic carboxylic acids is 2. The fraction of sp³-hybridized carbons (Fsp3) is 0.852. The molecule has 8 nitrogen and oxygen atoms in total. The second-order valence-corrected chi connectivity index (χ2v) is 9.48. The number of hydrogen-bond donors (Lipinski definition) is 3. The molecular weight excluding hydrogens is 450 g/mol. The molecule has 0 spiro atoms. The molecule has 3 N–H and O–H groups in total. The molecule has 0 saturated carbocycles. The molecule has 0 aromatic carbocycles. The lowest BCUT2D eigenvalue weighted by atomic mass is 10.0. The zero-order chi connectivity index (χ0) is 26.2. The van der Waals surface area contributed by atoms with E-state index in [4.69, 9.17) is 9.84 Å². The third-order valence-corrected chi connectivity index (χ3v) is 6.19. The maximum absolute atomic E-state index is 12.1.